The minimum absolute atomic E-state index is 0.102. The van der Waals surface area contributed by atoms with Gasteiger partial charge in [0.1, 0.15) is 0 Å². The first-order chi connectivity index (χ1) is 13.8. The molecular formula is C21H29N5OS. The monoisotopic (exact) mass is 399 g/mol. The molecule has 1 N–H and O–H groups in total. The number of amides is 1. The number of hydrogen-bond acceptors (Lipinski definition) is 6. The highest BCUT2D eigenvalue weighted by Crippen LogP contribution is 2.17. The highest BCUT2D eigenvalue weighted by molar-refractivity contribution is 7.80. The predicted molar refractivity (Wildman–Crippen MR) is 118 cm³/mol. The van der Waals surface area contributed by atoms with Gasteiger partial charge in [-0.1, -0.05) is 31.0 Å². The number of nitrogens with zero attached hydrogens (tertiary/aromatic N) is 4. The normalized spacial score (nSPS) is 14.2. The molecule has 0 atom stereocenters. The molecule has 3 rings (SSSR count). The van der Waals surface area contributed by atoms with Gasteiger partial charge in [-0.3, -0.25) is 4.79 Å². The highest BCUT2D eigenvalue weighted by Gasteiger charge is 2.19. The first-order valence-corrected chi connectivity index (χ1v) is 10.7. The zero-order valence-corrected chi connectivity index (χ0v) is 17.2. The van der Waals surface area contributed by atoms with E-state index in [-0.39, 0.29) is 5.91 Å². The molecule has 0 aliphatic carbocycles. The van der Waals surface area contributed by atoms with E-state index in [2.05, 4.69) is 62.0 Å². The number of unbranched alkanes of at least 4 members (excludes halogenated alkanes) is 3. The maximum absolute atomic E-state index is 12.2. The van der Waals surface area contributed by atoms with E-state index in [0.29, 0.717) is 18.1 Å². The zero-order chi connectivity index (χ0) is 19.6. The third-order valence-corrected chi connectivity index (χ3v) is 5.27. The van der Waals surface area contributed by atoms with Gasteiger partial charge in [0.05, 0.1) is 5.56 Å². The molecule has 0 radical (unpaired) electrons. The van der Waals surface area contributed by atoms with Gasteiger partial charge in [-0.15, -0.1) is 0 Å². The molecule has 1 aliphatic heterocycles. The number of carbonyl (C=O) groups excluding carboxylic acids is 1. The lowest BCUT2D eigenvalue weighted by Crippen LogP contribution is -2.47. The maximum Gasteiger partial charge on any atom is 0.254 e. The predicted octanol–water partition coefficient (Wildman–Crippen LogP) is 3.02. The third-order valence-electron chi connectivity index (χ3n) is 4.95. The molecule has 7 heteroatoms. The number of nitrogens with one attached hydrogen (secondary N) is 1. The number of aromatic nitrogens is 2. The van der Waals surface area contributed by atoms with Gasteiger partial charge in [0.2, 0.25) is 5.95 Å². The SMILES string of the molecule is O=C(NCCCCCCS)c1cnc(N2CCN(c3ccccc3)CC2)nc1. The van der Waals surface area contributed by atoms with E-state index in [4.69, 9.17) is 0 Å². The van der Waals surface area contributed by atoms with Gasteiger partial charge in [0.15, 0.2) is 0 Å². The zero-order valence-electron chi connectivity index (χ0n) is 16.3. The summed E-state index contributed by atoms with van der Waals surface area (Å²) in [4.78, 5) is 25.6. The summed E-state index contributed by atoms with van der Waals surface area (Å²) in [5, 5.41) is 2.94. The minimum atomic E-state index is -0.102. The van der Waals surface area contributed by atoms with Crippen molar-refractivity contribution in [2.75, 3.05) is 48.3 Å². The number of benzene rings is 1. The summed E-state index contributed by atoms with van der Waals surface area (Å²) in [5.74, 6) is 1.52. The molecule has 1 aliphatic rings. The van der Waals surface area contributed by atoms with E-state index in [1.165, 1.54) is 5.69 Å². The van der Waals surface area contributed by atoms with Crippen LogP contribution in [0.25, 0.3) is 0 Å². The van der Waals surface area contributed by atoms with Gasteiger partial charge in [0, 0.05) is 50.8 Å². The quantitative estimate of drug-likeness (QED) is 0.501. The minimum Gasteiger partial charge on any atom is -0.368 e. The van der Waals surface area contributed by atoms with Crippen molar-refractivity contribution < 1.29 is 4.79 Å². The van der Waals surface area contributed by atoms with E-state index in [9.17, 15) is 4.79 Å². The Hall–Kier alpha value is -2.28. The number of thiol groups is 1. The Bertz CT molecular complexity index is 717. The second kappa shape index (κ2) is 10.9. The van der Waals surface area contributed by atoms with E-state index in [0.717, 1.165) is 57.6 Å². The van der Waals surface area contributed by atoms with Crippen LogP contribution in [0.5, 0.6) is 0 Å². The topological polar surface area (TPSA) is 61.4 Å². The van der Waals surface area contributed by atoms with E-state index in [1.54, 1.807) is 12.4 Å². The molecule has 1 aromatic heterocycles. The van der Waals surface area contributed by atoms with Crippen LogP contribution in [-0.2, 0) is 0 Å². The Balaban J connectivity index is 1.44. The Morgan fingerprint density at radius 2 is 1.57 bits per heavy atom. The summed E-state index contributed by atoms with van der Waals surface area (Å²) < 4.78 is 0. The van der Waals surface area contributed by atoms with Gasteiger partial charge >= 0.3 is 0 Å². The molecule has 0 bridgehead atoms. The van der Waals surface area contributed by atoms with Crippen molar-refractivity contribution in [3.8, 4) is 0 Å². The fraction of sp³-hybridized carbons (Fsp3) is 0.476. The molecule has 1 fully saturated rings. The van der Waals surface area contributed by atoms with Gasteiger partial charge in [0.25, 0.3) is 5.91 Å². The lowest BCUT2D eigenvalue weighted by atomic mass is 10.2. The molecule has 6 nitrogen and oxygen atoms in total. The van der Waals surface area contributed by atoms with Crippen LogP contribution < -0.4 is 15.1 Å². The average Bonchev–Trinajstić information content (AvgIpc) is 2.77. The summed E-state index contributed by atoms with van der Waals surface area (Å²) in [6, 6.07) is 10.4. The van der Waals surface area contributed by atoms with E-state index >= 15 is 0 Å². The van der Waals surface area contributed by atoms with Crippen LogP contribution in [0.15, 0.2) is 42.7 Å². The second-order valence-electron chi connectivity index (χ2n) is 6.98. The number of piperazine rings is 1. The summed E-state index contributed by atoms with van der Waals surface area (Å²) in [7, 11) is 0. The van der Waals surface area contributed by atoms with Crippen LogP contribution in [0.3, 0.4) is 0 Å². The smallest absolute Gasteiger partial charge is 0.254 e. The average molecular weight is 400 g/mol. The second-order valence-corrected chi connectivity index (χ2v) is 7.42. The van der Waals surface area contributed by atoms with Crippen molar-refractivity contribution in [1.29, 1.82) is 0 Å². The highest BCUT2D eigenvalue weighted by atomic mass is 32.1. The maximum atomic E-state index is 12.2. The number of anilines is 2. The van der Waals surface area contributed by atoms with Crippen LogP contribution in [0.2, 0.25) is 0 Å². The Morgan fingerprint density at radius 1 is 0.929 bits per heavy atom. The fourth-order valence-corrected chi connectivity index (χ4v) is 3.52. The molecule has 1 saturated heterocycles. The largest absolute Gasteiger partial charge is 0.368 e. The third kappa shape index (κ3) is 5.86. The first kappa shape index (κ1) is 20.5. The van der Waals surface area contributed by atoms with Gasteiger partial charge in [-0.25, -0.2) is 9.97 Å². The lowest BCUT2D eigenvalue weighted by molar-refractivity contribution is 0.0952. The van der Waals surface area contributed by atoms with Gasteiger partial charge < -0.3 is 15.1 Å². The Kier molecular flexibility index (Phi) is 7.96. The number of para-hydroxylation sites is 1. The first-order valence-electron chi connectivity index (χ1n) is 10.0. The number of rotatable bonds is 9. The van der Waals surface area contributed by atoms with Crippen LogP contribution in [0.4, 0.5) is 11.6 Å². The van der Waals surface area contributed by atoms with Gasteiger partial charge in [-0.05, 0) is 30.7 Å². The number of carbonyl (C=O) groups is 1. The standard InChI is InChI=1S/C21H29N5OS/c27-20(22-10-6-1-2-7-15-28)18-16-23-21(24-17-18)26-13-11-25(12-14-26)19-8-4-3-5-9-19/h3-5,8-9,16-17,28H,1-2,6-7,10-15H2,(H,22,27). The molecule has 1 amide bonds. The fourth-order valence-electron chi connectivity index (χ4n) is 3.30. The van der Waals surface area contributed by atoms with Crippen molar-refractivity contribution in [3.63, 3.8) is 0 Å². The van der Waals surface area contributed by atoms with Crippen LogP contribution >= 0.6 is 12.6 Å². The van der Waals surface area contributed by atoms with Crippen LogP contribution in [-0.4, -0.2) is 54.4 Å². The summed E-state index contributed by atoms with van der Waals surface area (Å²) in [6.07, 6.45) is 7.65. The van der Waals surface area contributed by atoms with E-state index < -0.39 is 0 Å². The molecule has 1 aromatic carbocycles. The molecule has 0 saturated carbocycles. The van der Waals surface area contributed by atoms with E-state index in [1.807, 2.05) is 6.07 Å². The summed E-state index contributed by atoms with van der Waals surface area (Å²) in [5.41, 5.74) is 1.77. The molecule has 0 spiro atoms. The molecule has 150 valence electrons. The Morgan fingerprint density at radius 3 is 2.25 bits per heavy atom. The van der Waals surface area contributed by atoms with Crippen molar-refractivity contribution in [2.45, 2.75) is 25.7 Å². The van der Waals surface area contributed by atoms with Crippen molar-refractivity contribution in [1.82, 2.24) is 15.3 Å². The van der Waals surface area contributed by atoms with Crippen molar-refractivity contribution >= 4 is 30.2 Å². The van der Waals surface area contributed by atoms with Crippen molar-refractivity contribution in [3.05, 3.63) is 48.3 Å². The summed E-state index contributed by atoms with van der Waals surface area (Å²) in [6.45, 7) is 4.29. The summed E-state index contributed by atoms with van der Waals surface area (Å²) >= 11 is 4.20. The molecule has 2 aromatic rings. The van der Waals surface area contributed by atoms with Crippen LogP contribution in [0.1, 0.15) is 36.0 Å². The Labute approximate surface area is 172 Å². The van der Waals surface area contributed by atoms with Crippen molar-refractivity contribution in [2.24, 2.45) is 0 Å². The lowest BCUT2D eigenvalue weighted by Gasteiger charge is -2.36. The molecule has 28 heavy (non-hydrogen) atoms. The molecular weight excluding hydrogens is 370 g/mol. The van der Waals surface area contributed by atoms with Gasteiger partial charge in [-0.2, -0.15) is 12.6 Å². The molecule has 2 heterocycles. The molecule has 0 unspecified atom stereocenters. The number of hydrogen-bond donors (Lipinski definition) is 2. The van der Waals surface area contributed by atoms with Crippen LogP contribution in [0, 0.1) is 0 Å².